The van der Waals surface area contributed by atoms with Crippen LogP contribution < -0.4 is 10.6 Å². The fourth-order valence-corrected chi connectivity index (χ4v) is 1.90. The minimum absolute atomic E-state index is 0.257. The quantitative estimate of drug-likeness (QED) is 0.724. The maximum atomic E-state index is 12.1. The van der Waals surface area contributed by atoms with Gasteiger partial charge in [-0.15, -0.1) is 0 Å². The zero-order valence-corrected chi connectivity index (χ0v) is 14.9. The highest BCUT2D eigenvalue weighted by Crippen LogP contribution is 2.07. The Hall–Kier alpha value is -2.77. The van der Waals surface area contributed by atoms with Crippen LogP contribution in [0.4, 0.5) is 9.59 Å². The third-order valence-electron chi connectivity index (χ3n) is 3.06. The van der Waals surface area contributed by atoms with Crippen molar-refractivity contribution in [3.63, 3.8) is 0 Å². The number of carbonyl (C=O) groups excluding carboxylic acids is 2. The molecule has 3 N–H and O–H groups in total. The van der Waals surface area contributed by atoms with Gasteiger partial charge in [0.2, 0.25) is 0 Å². The largest absolute Gasteiger partial charge is 0.480 e. The summed E-state index contributed by atoms with van der Waals surface area (Å²) in [5.74, 6) is -1.27. The Morgan fingerprint density at radius 3 is 2.32 bits per heavy atom. The van der Waals surface area contributed by atoms with E-state index in [1.54, 1.807) is 27.8 Å². The van der Waals surface area contributed by atoms with E-state index in [0.717, 1.165) is 5.56 Å². The normalized spacial score (nSPS) is 12.0. The molecule has 0 aliphatic heterocycles. The molecule has 0 fully saturated rings. The van der Waals surface area contributed by atoms with Gasteiger partial charge in [-0.3, -0.25) is 0 Å². The second-order valence-corrected chi connectivity index (χ2v) is 6.56. The lowest BCUT2D eigenvalue weighted by Crippen LogP contribution is -2.51. The number of ether oxygens (including phenoxy) is 1. The van der Waals surface area contributed by atoms with Gasteiger partial charge in [0.05, 0.1) is 6.54 Å². The number of hydrogen-bond acceptors (Lipinski definition) is 4. The molecule has 0 saturated heterocycles. The summed E-state index contributed by atoms with van der Waals surface area (Å²) in [4.78, 5) is 36.4. The summed E-state index contributed by atoms with van der Waals surface area (Å²) in [6.45, 7) is 5.13. The van der Waals surface area contributed by atoms with Crippen molar-refractivity contribution in [2.75, 3.05) is 13.6 Å². The van der Waals surface area contributed by atoms with Gasteiger partial charge in [-0.05, 0) is 26.3 Å². The number of aliphatic carboxylic acids is 1. The van der Waals surface area contributed by atoms with Gasteiger partial charge in [0.1, 0.15) is 11.6 Å². The highest BCUT2D eigenvalue weighted by atomic mass is 16.6. The number of hydrogen-bond donors (Lipinski definition) is 3. The molecule has 0 saturated carbocycles. The first-order chi connectivity index (χ1) is 11.6. The van der Waals surface area contributed by atoms with E-state index in [4.69, 9.17) is 4.74 Å². The van der Waals surface area contributed by atoms with E-state index in [1.807, 2.05) is 30.3 Å². The third-order valence-corrected chi connectivity index (χ3v) is 3.06. The first kappa shape index (κ1) is 20.3. The third kappa shape index (κ3) is 8.05. The number of carboxylic acid groups (broad SMARTS) is 1. The number of alkyl carbamates (subject to hydrolysis) is 1. The van der Waals surface area contributed by atoms with Crippen molar-refractivity contribution in [2.24, 2.45) is 0 Å². The second kappa shape index (κ2) is 8.91. The van der Waals surface area contributed by atoms with Crippen molar-refractivity contribution < 1.29 is 24.2 Å². The fourth-order valence-electron chi connectivity index (χ4n) is 1.90. The number of urea groups is 1. The van der Waals surface area contributed by atoms with Gasteiger partial charge >= 0.3 is 18.1 Å². The number of nitrogens with zero attached hydrogens (tertiary/aromatic N) is 1. The van der Waals surface area contributed by atoms with Gasteiger partial charge in [0.15, 0.2) is 0 Å². The zero-order chi connectivity index (χ0) is 19.0. The van der Waals surface area contributed by atoms with Gasteiger partial charge in [-0.1, -0.05) is 30.3 Å². The molecule has 1 rings (SSSR count). The van der Waals surface area contributed by atoms with Gasteiger partial charge in [-0.2, -0.15) is 0 Å². The number of amides is 3. The summed E-state index contributed by atoms with van der Waals surface area (Å²) in [5, 5.41) is 13.9. The molecule has 0 aliphatic carbocycles. The van der Waals surface area contributed by atoms with Crippen LogP contribution in [0.15, 0.2) is 30.3 Å². The van der Waals surface area contributed by atoms with Gasteiger partial charge in [-0.25, -0.2) is 14.4 Å². The molecule has 25 heavy (non-hydrogen) atoms. The minimum atomic E-state index is -1.29. The molecule has 8 nitrogen and oxygen atoms in total. The number of nitrogens with one attached hydrogen (secondary N) is 2. The van der Waals surface area contributed by atoms with Crippen LogP contribution >= 0.6 is 0 Å². The molecule has 0 aliphatic rings. The molecular weight excluding hydrogens is 326 g/mol. The molecule has 1 aromatic rings. The Labute approximate surface area is 147 Å². The Bertz CT molecular complexity index is 598. The van der Waals surface area contributed by atoms with Crippen LogP contribution in [0.2, 0.25) is 0 Å². The zero-order valence-electron chi connectivity index (χ0n) is 14.9. The summed E-state index contributed by atoms with van der Waals surface area (Å²) in [5.41, 5.74) is 0.202. The lowest BCUT2D eigenvalue weighted by atomic mass is 10.2. The standard InChI is InChI=1S/C17H25N3O5/c1-17(2,3)25-16(24)19-13(14(21)22)10-18-15(23)20(4)11-12-8-6-5-7-9-12/h5-9,13H,10-11H2,1-4H3,(H,18,23)(H,19,24)(H,21,22)/t13-/m0/s1. The van der Waals surface area contributed by atoms with Crippen LogP contribution in [0.5, 0.6) is 0 Å². The molecule has 0 aromatic heterocycles. The number of rotatable bonds is 6. The van der Waals surface area contributed by atoms with Crippen LogP contribution in [-0.2, 0) is 16.1 Å². The van der Waals surface area contributed by atoms with Crippen molar-refractivity contribution in [3.8, 4) is 0 Å². The summed E-state index contributed by atoms with van der Waals surface area (Å²) < 4.78 is 5.02. The Morgan fingerprint density at radius 1 is 1.20 bits per heavy atom. The second-order valence-electron chi connectivity index (χ2n) is 6.56. The summed E-state index contributed by atoms with van der Waals surface area (Å²) >= 11 is 0. The maximum absolute atomic E-state index is 12.1. The topological polar surface area (TPSA) is 108 Å². The molecule has 0 bridgehead atoms. The monoisotopic (exact) mass is 351 g/mol. The van der Waals surface area contributed by atoms with E-state index < -0.39 is 29.7 Å². The molecule has 1 atom stereocenters. The van der Waals surface area contributed by atoms with E-state index in [2.05, 4.69) is 10.6 Å². The van der Waals surface area contributed by atoms with Gasteiger partial charge < -0.3 is 25.4 Å². The summed E-state index contributed by atoms with van der Waals surface area (Å²) in [6, 6.07) is 7.65. The van der Waals surface area contributed by atoms with Crippen molar-refractivity contribution in [3.05, 3.63) is 35.9 Å². The average molecular weight is 351 g/mol. The Kier molecular flexibility index (Phi) is 7.22. The molecular formula is C17H25N3O5. The van der Waals surface area contributed by atoms with Crippen molar-refractivity contribution in [1.82, 2.24) is 15.5 Å². The minimum Gasteiger partial charge on any atom is -0.480 e. The smallest absolute Gasteiger partial charge is 0.408 e. The Morgan fingerprint density at radius 2 is 1.80 bits per heavy atom. The van der Waals surface area contributed by atoms with Crippen LogP contribution in [0, 0.1) is 0 Å². The first-order valence-electron chi connectivity index (χ1n) is 7.83. The van der Waals surface area contributed by atoms with E-state index in [0.29, 0.717) is 6.54 Å². The molecule has 0 radical (unpaired) electrons. The van der Waals surface area contributed by atoms with Crippen molar-refractivity contribution in [1.29, 1.82) is 0 Å². The molecule has 8 heteroatoms. The number of carbonyl (C=O) groups is 3. The maximum Gasteiger partial charge on any atom is 0.408 e. The van der Waals surface area contributed by atoms with E-state index in [1.165, 1.54) is 4.90 Å². The van der Waals surface area contributed by atoms with Crippen molar-refractivity contribution in [2.45, 2.75) is 39.0 Å². The van der Waals surface area contributed by atoms with Crippen LogP contribution in [0.1, 0.15) is 26.3 Å². The number of carboxylic acids is 1. The Balaban J connectivity index is 2.52. The molecule has 0 heterocycles. The van der Waals surface area contributed by atoms with Crippen LogP contribution in [0.25, 0.3) is 0 Å². The lowest BCUT2D eigenvalue weighted by molar-refractivity contribution is -0.139. The predicted octanol–water partition coefficient (Wildman–Crippen LogP) is 1.81. The van der Waals surface area contributed by atoms with Gasteiger partial charge in [0.25, 0.3) is 0 Å². The average Bonchev–Trinajstić information content (AvgIpc) is 2.49. The van der Waals surface area contributed by atoms with E-state index in [9.17, 15) is 19.5 Å². The first-order valence-corrected chi connectivity index (χ1v) is 7.83. The molecule has 3 amide bonds. The predicted molar refractivity (Wildman–Crippen MR) is 92.1 cm³/mol. The van der Waals surface area contributed by atoms with Crippen LogP contribution in [0.3, 0.4) is 0 Å². The fraction of sp³-hybridized carbons (Fsp3) is 0.471. The van der Waals surface area contributed by atoms with E-state index in [-0.39, 0.29) is 6.54 Å². The van der Waals surface area contributed by atoms with Gasteiger partial charge in [0, 0.05) is 13.6 Å². The molecule has 0 unspecified atom stereocenters. The summed E-state index contributed by atoms with van der Waals surface area (Å²) in [7, 11) is 1.60. The lowest BCUT2D eigenvalue weighted by Gasteiger charge is -2.23. The molecule has 138 valence electrons. The SMILES string of the molecule is CN(Cc1ccccc1)C(=O)NC[C@H](NC(=O)OC(C)(C)C)C(=O)O. The highest BCUT2D eigenvalue weighted by Gasteiger charge is 2.24. The highest BCUT2D eigenvalue weighted by molar-refractivity contribution is 5.81. The van der Waals surface area contributed by atoms with Crippen molar-refractivity contribution >= 4 is 18.1 Å². The molecule has 1 aromatic carbocycles. The van der Waals surface area contributed by atoms with E-state index >= 15 is 0 Å². The molecule has 0 spiro atoms. The summed E-state index contributed by atoms with van der Waals surface area (Å²) in [6.07, 6.45) is -0.855. The van der Waals surface area contributed by atoms with Crippen LogP contribution in [-0.4, -0.2) is 53.3 Å². The number of benzene rings is 1.